The number of aromatic nitrogens is 1. The van der Waals surface area contributed by atoms with Gasteiger partial charge in [0.1, 0.15) is 11.4 Å². The molecule has 7 heteroatoms. The molecule has 1 aliphatic rings. The van der Waals surface area contributed by atoms with E-state index in [0.29, 0.717) is 16.5 Å². The van der Waals surface area contributed by atoms with Gasteiger partial charge in [-0.3, -0.25) is 14.7 Å². The minimum Gasteiger partial charge on any atom is -0.382 e. The monoisotopic (exact) mass is 317 g/mol. The molecule has 0 spiro atoms. The molecule has 1 aromatic carbocycles. The van der Waals surface area contributed by atoms with Crippen LogP contribution in [0.15, 0.2) is 30.5 Å². The number of nitrogens with zero attached hydrogens (tertiary/aromatic N) is 2. The van der Waals surface area contributed by atoms with Gasteiger partial charge in [0.15, 0.2) is 0 Å². The molecule has 23 heavy (non-hydrogen) atoms. The van der Waals surface area contributed by atoms with Gasteiger partial charge in [0.05, 0.1) is 18.7 Å². The van der Waals surface area contributed by atoms with Gasteiger partial charge >= 0.3 is 6.03 Å². The lowest BCUT2D eigenvalue weighted by Gasteiger charge is -2.20. The van der Waals surface area contributed by atoms with Crippen LogP contribution in [0.4, 0.5) is 9.18 Å². The summed E-state index contributed by atoms with van der Waals surface area (Å²) >= 11 is 0. The second-order valence-electron chi connectivity index (χ2n) is 5.69. The summed E-state index contributed by atoms with van der Waals surface area (Å²) in [6.45, 7) is 1.71. The smallest absolute Gasteiger partial charge is 0.325 e. The highest BCUT2D eigenvalue weighted by atomic mass is 19.1. The Labute approximate surface area is 132 Å². The molecule has 3 rings (SSSR count). The zero-order valence-electron chi connectivity index (χ0n) is 12.8. The SMILES string of the molecule is COCC1(C)NC(=O)N(Cc2ccc(F)c3cccnc23)C1=O. The van der Waals surface area contributed by atoms with Crippen molar-refractivity contribution in [2.45, 2.75) is 19.0 Å². The maximum atomic E-state index is 13.8. The van der Waals surface area contributed by atoms with E-state index in [1.54, 1.807) is 25.3 Å². The van der Waals surface area contributed by atoms with E-state index in [9.17, 15) is 14.0 Å². The van der Waals surface area contributed by atoms with Crippen molar-refractivity contribution in [3.8, 4) is 0 Å². The molecule has 0 aliphatic carbocycles. The fraction of sp³-hybridized carbons (Fsp3) is 0.312. The van der Waals surface area contributed by atoms with Gasteiger partial charge in [-0.2, -0.15) is 0 Å². The molecule has 1 unspecified atom stereocenters. The number of pyridine rings is 1. The highest BCUT2D eigenvalue weighted by Gasteiger charge is 2.47. The minimum absolute atomic E-state index is 0.0256. The average Bonchev–Trinajstić information content (AvgIpc) is 2.73. The van der Waals surface area contributed by atoms with E-state index in [2.05, 4.69) is 10.3 Å². The molecule has 3 amide bonds. The summed E-state index contributed by atoms with van der Waals surface area (Å²) in [6, 6.07) is 5.60. The number of methoxy groups -OCH3 is 1. The summed E-state index contributed by atoms with van der Waals surface area (Å²) in [5.74, 6) is -0.768. The summed E-state index contributed by atoms with van der Waals surface area (Å²) in [5, 5.41) is 2.99. The van der Waals surface area contributed by atoms with Crippen molar-refractivity contribution in [2.24, 2.45) is 0 Å². The number of fused-ring (bicyclic) bond motifs is 1. The third kappa shape index (κ3) is 2.53. The lowest BCUT2D eigenvalue weighted by Crippen LogP contribution is -2.47. The van der Waals surface area contributed by atoms with Crippen molar-refractivity contribution < 1.29 is 18.7 Å². The van der Waals surface area contributed by atoms with E-state index in [1.165, 1.54) is 19.2 Å². The molecule has 2 heterocycles. The highest BCUT2D eigenvalue weighted by molar-refractivity contribution is 6.07. The lowest BCUT2D eigenvalue weighted by atomic mass is 10.0. The Morgan fingerprint density at radius 1 is 1.35 bits per heavy atom. The Morgan fingerprint density at radius 2 is 2.13 bits per heavy atom. The number of nitrogens with one attached hydrogen (secondary N) is 1. The van der Waals surface area contributed by atoms with E-state index >= 15 is 0 Å². The largest absolute Gasteiger partial charge is 0.382 e. The van der Waals surface area contributed by atoms with E-state index in [4.69, 9.17) is 4.74 Å². The van der Waals surface area contributed by atoms with Gasteiger partial charge in [0.25, 0.3) is 5.91 Å². The molecule has 1 aliphatic heterocycles. The second kappa shape index (κ2) is 5.58. The van der Waals surface area contributed by atoms with Crippen LogP contribution in [0.2, 0.25) is 0 Å². The second-order valence-corrected chi connectivity index (χ2v) is 5.69. The number of carbonyl (C=O) groups is 2. The number of amides is 3. The molecule has 1 saturated heterocycles. The molecular formula is C16H16FN3O3. The van der Waals surface area contributed by atoms with E-state index in [0.717, 1.165) is 4.90 Å². The molecule has 1 fully saturated rings. The molecule has 120 valence electrons. The normalized spacial score (nSPS) is 21.1. The Morgan fingerprint density at radius 3 is 2.87 bits per heavy atom. The quantitative estimate of drug-likeness (QED) is 0.873. The molecule has 1 N–H and O–H groups in total. The van der Waals surface area contributed by atoms with Crippen LogP contribution in [0.3, 0.4) is 0 Å². The maximum absolute atomic E-state index is 13.8. The highest BCUT2D eigenvalue weighted by Crippen LogP contribution is 2.24. The van der Waals surface area contributed by atoms with Crippen molar-refractivity contribution >= 4 is 22.8 Å². The van der Waals surface area contributed by atoms with Gasteiger partial charge in [-0.15, -0.1) is 0 Å². The number of urea groups is 1. The predicted molar refractivity (Wildman–Crippen MR) is 81.1 cm³/mol. The fourth-order valence-electron chi connectivity index (χ4n) is 2.77. The zero-order chi connectivity index (χ0) is 16.6. The van der Waals surface area contributed by atoms with Crippen LogP contribution in [-0.4, -0.2) is 41.1 Å². The first kappa shape index (κ1) is 15.4. The molecule has 0 bridgehead atoms. The number of imide groups is 1. The van der Waals surface area contributed by atoms with Gasteiger partial charge in [-0.1, -0.05) is 6.07 Å². The number of ether oxygens (including phenoxy) is 1. The van der Waals surface area contributed by atoms with Crippen molar-refractivity contribution in [3.05, 3.63) is 41.8 Å². The maximum Gasteiger partial charge on any atom is 0.325 e. The Hall–Kier alpha value is -2.54. The van der Waals surface area contributed by atoms with Crippen LogP contribution in [0.5, 0.6) is 0 Å². The molecular weight excluding hydrogens is 301 g/mol. The lowest BCUT2D eigenvalue weighted by molar-refractivity contribution is -0.132. The van der Waals surface area contributed by atoms with Crippen molar-refractivity contribution in [1.82, 2.24) is 15.2 Å². The van der Waals surface area contributed by atoms with Crippen LogP contribution in [-0.2, 0) is 16.1 Å². The first-order valence-electron chi connectivity index (χ1n) is 7.11. The number of hydrogen-bond donors (Lipinski definition) is 1. The van der Waals surface area contributed by atoms with E-state index in [-0.39, 0.29) is 19.1 Å². The minimum atomic E-state index is -1.09. The first-order chi connectivity index (χ1) is 11.0. The van der Waals surface area contributed by atoms with E-state index < -0.39 is 17.4 Å². The summed E-state index contributed by atoms with van der Waals surface area (Å²) in [7, 11) is 1.46. The summed E-state index contributed by atoms with van der Waals surface area (Å²) in [5.41, 5.74) is -0.0460. The number of rotatable bonds is 4. The standard InChI is InChI=1S/C16H16FN3O3/c1-16(9-23-2)14(21)20(15(22)19-16)8-10-5-6-12(17)11-4-3-7-18-13(10)11/h3-7H,8-9H2,1-2H3,(H,19,22). The Balaban J connectivity index is 1.95. The zero-order valence-corrected chi connectivity index (χ0v) is 12.8. The first-order valence-corrected chi connectivity index (χ1v) is 7.11. The van der Waals surface area contributed by atoms with Crippen molar-refractivity contribution in [1.29, 1.82) is 0 Å². The van der Waals surface area contributed by atoms with Gasteiger partial charge in [0, 0.05) is 18.7 Å². The van der Waals surface area contributed by atoms with Gasteiger partial charge < -0.3 is 10.1 Å². The Kier molecular flexibility index (Phi) is 3.73. The number of hydrogen-bond acceptors (Lipinski definition) is 4. The van der Waals surface area contributed by atoms with Gasteiger partial charge in [0.2, 0.25) is 0 Å². The van der Waals surface area contributed by atoms with Gasteiger partial charge in [-0.05, 0) is 30.7 Å². The van der Waals surface area contributed by atoms with Crippen LogP contribution >= 0.6 is 0 Å². The average molecular weight is 317 g/mol. The van der Waals surface area contributed by atoms with Crippen LogP contribution in [0.1, 0.15) is 12.5 Å². The van der Waals surface area contributed by atoms with Crippen LogP contribution in [0, 0.1) is 5.82 Å². The molecule has 1 atom stereocenters. The predicted octanol–water partition coefficient (Wildman–Crippen LogP) is 1.83. The number of halogens is 1. The third-order valence-electron chi connectivity index (χ3n) is 3.91. The van der Waals surface area contributed by atoms with Crippen LogP contribution in [0.25, 0.3) is 10.9 Å². The number of benzene rings is 1. The molecule has 1 aromatic heterocycles. The topological polar surface area (TPSA) is 71.5 Å². The molecule has 6 nitrogen and oxygen atoms in total. The van der Waals surface area contributed by atoms with Crippen LogP contribution < -0.4 is 5.32 Å². The molecule has 0 saturated carbocycles. The third-order valence-corrected chi connectivity index (χ3v) is 3.91. The van der Waals surface area contributed by atoms with Crippen molar-refractivity contribution in [3.63, 3.8) is 0 Å². The van der Waals surface area contributed by atoms with Gasteiger partial charge in [-0.25, -0.2) is 9.18 Å². The Bertz CT molecular complexity index is 795. The fourth-order valence-corrected chi connectivity index (χ4v) is 2.77. The summed E-state index contributed by atoms with van der Waals surface area (Å²) < 4.78 is 18.8. The summed E-state index contributed by atoms with van der Waals surface area (Å²) in [6.07, 6.45) is 1.55. The molecule has 0 radical (unpaired) electrons. The van der Waals surface area contributed by atoms with Crippen molar-refractivity contribution in [2.75, 3.05) is 13.7 Å². The number of carbonyl (C=O) groups excluding carboxylic acids is 2. The summed E-state index contributed by atoms with van der Waals surface area (Å²) in [4.78, 5) is 29.9. The van der Waals surface area contributed by atoms with E-state index in [1.807, 2.05) is 0 Å². The molecule has 2 aromatic rings.